The van der Waals surface area contributed by atoms with Gasteiger partial charge in [0.15, 0.2) is 0 Å². The predicted molar refractivity (Wildman–Crippen MR) is 73.5 cm³/mol. The SMILES string of the molecule is CC1(O)CCCN(C(=O)c2cccc(OC(F)F)c2)CC1. The van der Waals surface area contributed by atoms with Gasteiger partial charge in [-0.05, 0) is 44.4 Å². The molecular weight excluding hydrogens is 280 g/mol. The highest BCUT2D eigenvalue weighted by molar-refractivity contribution is 5.94. The summed E-state index contributed by atoms with van der Waals surface area (Å²) in [5.74, 6) is -0.259. The molecule has 1 aliphatic rings. The second-order valence-electron chi connectivity index (χ2n) is 5.55. The summed E-state index contributed by atoms with van der Waals surface area (Å²) in [5, 5.41) is 10.0. The monoisotopic (exact) mass is 299 g/mol. The average Bonchev–Trinajstić information content (AvgIpc) is 2.58. The lowest BCUT2D eigenvalue weighted by Gasteiger charge is -2.22. The first-order chi connectivity index (χ1) is 9.87. The summed E-state index contributed by atoms with van der Waals surface area (Å²) >= 11 is 0. The van der Waals surface area contributed by atoms with Crippen molar-refractivity contribution in [3.8, 4) is 5.75 Å². The molecule has 0 saturated carbocycles. The molecule has 0 bridgehead atoms. The lowest BCUT2D eigenvalue weighted by Crippen LogP contribution is -2.33. The molecule has 0 aromatic heterocycles. The zero-order valence-electron chi connectivity index (χ0n) is 11.9. The lowest BCUT2D eigenvalue weighted by atomic mass is 9.98. The Balaban J connectivity index is 2.09. The van der Waals surface area contributed by atoms with E-state index in [0.717, 1.165) is 0 Å². The van der Waals surface area contributed by atoms with Gasteiger partial charge in [-0.3, -0.25) is 4.79 Å². The van der Waals surface area contributed by atoms with Crippen molar-refractivity contribution in [3.63, 3.8) is 0 Å². The molecule has 1 unspecified atom stereocenters. The number of carbonyl (C=O) groups excluding carboxylic acids is 1. The number of carbonyl (C=O) groups is 1. The van der Waals surface area contributed by atoms with Gasteiger partial charge in [-0.2, -0.15) is 8.78 Å². The fourth-order valence-electron chi connectivity index (χ4n) is 2.45. The second kappa shape index (κ2) is 6.39. The minimum absolute atomic E-state index is 0.0299. The lowest BCUT2D eigenvalue weighted by molar-refractivity contribution is -0.0499. The molecule has 21 heavy (non-hydrogen) atoms. The fraction of sp³-hybridized carbons (Fsp3) is 0.533. The van der Waals surface area contributed by atoms with Gasteiger partial charge in [0.1, 0.15) is 5.75 Å². The van der Waals surface area contributed by atoms with E-state index in [0.29, 0.717) is 37.9 Å². The van der Waals surface area contributed by atoms with E-state index in [2.05, 4.69) is 4.74 Å². The van der Waals surface area contributed by atoms with E-state index in [1.165, 1.54) is 18.2 Å². The van der Waals surface area contributed by atoms with E-state index < -0.39 is 12.2 Å². The van der Waals surface area contributed by atoms with Crippen LogP contribution >= 0.6 is 0 Å². The van der Waals surface area contributed by atoms with Crippen LogP contribution in [0.15, 0.2) is 24.3 Å². The third-order valence-corrected chi connectivity index (χ3v) is 3.66. The summed E-state index contributed by atoms with van der Waals surface area (Å²) < 4.78 is 28.7. The van der Waals surface area contributed by atoms with Crippen LogP contribution in [-0.2, 0) is 0 Å². The average molecular weight is 299 g/mol. The number of likely N-dealkylation sites (tertiary alicyclic amines) is 1. The molecule has 1 atom stereocenters. The van der Waals surface area contributed by atoms with Gasteiger partial charge >= 0.3 is 6.61 Å². The number of rotatable bonds is 3. The maximum atomic E-state index is 12.4. The van der Waals surface area contributed by atoms with Crippen LogP contribution in [0.25, 0.3) is 0 Å². The summed E-state index contributed by atoms with van der Waals surface area (Å²) in [4.78, 5) is 14.0. The number of alkyl halides is 2. The Labute approximate surface area is 122 Å². The van der Waals surface area contributed by atoms with Gasteiger partial charge in [0.25, 0.3) is 5.91 Å². The molecule has 2 rings (SSSR count). The standard InChI is InChI=1S/C15H19F2NO3/c1-15(20)6-3-8-18(9-7-15)13(19)11-4-2-5-12(10-11)21-14(16)17/h2,4-5,10,14,20H,3,6-9H2,1H3. The highest BCUT2D eigenvalue weighted by Gasteiger charge is 2.27. The molecule has 1 fully saturated rings. The smallest absolute Gasteiger partial charge is 0.387 e. The highest BCUT2D eigenvalue weighted by Crippen LogP contribution is 2.23. The van der Waals surface area contributed by atoms with Gasteiger partial charge in [-0.25, -0.2) is 0 Å². The number of halogens is 2. The van der Waals surface area contributed by atoms with Gasteiger partial charge in [0, 0.05) is 18.7 Å². The molecule has 1 aliphatic heterocycles. The Hall–Kier alpha value is -1.69. The summed E-state index contributed by atoms with van der Waals surface area (Å²) in [6.45, 7) is -0.151. The Morgan fingerprint density at radius 3 is 2.86 bits per heavy atom. The molecule has 1 amide bonds. The summed E-state index contributed by atoms with van der Waals surface area (Å²) in [5.41, 5.74) is -0.440. The van der Waals surface area contributed by atoms with Crippen LogP contribution in [0.4, 0.5) is 8.78 Å². The van der Waals surface area contributed by atoms with Crippen LogP contribution in [-0.4, -0.2) is 41.2 Å². The molecule has 0 spiro atoms. The van der Waals surface area contributed by atoms with E-state index in [4.69, 9.17) is 0 Å². The number of ether oxygens (including phenoxy) is 1. The van der Waals surface area contributed by atoms with Crippen molar-refractivity contribution in [2.24, 2.45) is 0 Å². The maximum Gasteiger partial charge on any atom is 0.387 e. The topological polar surface area (TPSA) is 49.8 Å². The summed E-state index contributed by atoms with van der Waals surface area (Å²) in [6.07, 6.45) is 1.86. The molecular formula is C15H19F2NO3. The number of hydrogen-bond acceptors (Lipinski definition) is 3. The predicted octanol–water partition coefficient (Wildman–Crippen LogP) is 2.67. The van der Waals surface area contributed by atoms with Crippen LogP contribution in [0.5, 0.6) is 5.75 Å². The zero-order chi connectivity index (χ0) is 15.5. The van der Waals surface area contributed by atoms with Crippen molar-refractivity contribution in [2.45, 2.75) is 38.4 Å². The maximum absolute atomic E-state index is 12.4. The number of hydrogen-bond donors (Lipinski definition) is 1. The molecule has 6 heteroatoms. The highest BCUT2D eigenvalue weighted by atomic mass is 19.3. The second-order valence-corrected chi connectivity index (χ2v) is 5.55. The number of aliphatic hydroxyl groups is 1. The van der Waals surface area contributed by atoms with E-state index in [9.17, 15) is 18.7 Å². The molecule has 1 heterocycles. The van der Waals surface area contributed by atoms with Gasteiger partial charge in [-0.1, -0.05) is 6.07 Å². The van der Waals surface area contributed by atoms with Crippen molar-refractivity contribution < 1.29 is 23.4 Å². The Morgan fingerprint density at radius 1 is 1.38 bits per heavy atom. The third-order valence-electron chi connectivity index (χ3n) is 3.66. The normalized spacial score (nSPS) is 23.0. The first kappa shape index (κ1) is 15.7. The molecule has 116 valence electrons. The largest absolute Gasteiger partial charge is 0.435 e. The van der Waals surface area contributed by atoms with Crippen molar-refractivity contribution in [3.05, 3.63) is 29.8 Å². The zero-order valence-corrected chi connectivity index (χ0v) is 11.9. The number of benzene rings is 1. The number of amides is 1. The molecule has 0 aliphatic carbocycles. The quantitative estimate of drug-likeness (QED) is 0.933. The van der Waals surface area contributed by atoms with Crippen molar-refractivity contribution in [1.82, 2.24) is 4.90 Å². The van der Waals surface area contributed by atoms with E-state index in [-0.39, 0.29) is 11.7 Å². The fourth-order valence-corrected chi connectivity index (χ4v) is 2.45. The Kier molecular flexibility index (Phi) is 4.77. The third kappa shape index (κ3) is 4.39. The molecule has 1 aromatic carbocycles. The molecule has 1 saturated heterocycles. The van der Waals surface area contributed by atoms with E-state index in [1.54, 1.807) is 17.9 Å². The van der Waals surface area contributed by atoms with E-state index >= 15 is 0 Å². The Bertz CT molecular complexity index is 505. The van der Waals surface area contributed by atoms with Crippen LogP contribution in [0.3, 0.4) is 0 Å². The molecule has 0 radical (unpaired) electrons. The van der Waals surface area contributed by atoms with Crippen LogP contribution in [0.2, 0.25) is 0 Å². The molecule has 4 nitrogen and oxygen atoms in total. The van der Waals surface area contributed by atoms with Crippen LogP contribution < -0.4 is 4.74 Å². The minimum Gasteiger partial charge on any atom is -0.435 e. The first-order valence-electron chi connectivity index (χ1n) is 6.94. The Morgan fingerprint density at radius 2 is 2.14 bits per heavy atom. The minimum atomic E-state index is -2.91. The van der Waals surface area contributed by atoms with Gasteiger partial charge < -0.3 is 14.7 Å². The van der Waals surface area contributed by atoms with Crippen molar-refractivity contribution in [1.29, 1.82) is 0 Å². The van der Waals surface area contributed by atoms with Gasteiger partial charge in [0.2, 0.25) is 0 Å². The summed E-state index contributed by atoms with van der Waals surface area (Å²) in [7, 11) is 0. The van der Waals surface area contributed by atoms with Crippen molar-refractivity contribution >= 4 is 5.91 Å². The molecule has 1 N–H and O–H groups in total. The van der Waals surface area contributed by atoms with Crippen LogP contribution in [0, 0.1) is 0 Å². The van der Waals surface area contributed by atoms with Crippen LogP contribution in [0.1, 0.15) is 36.5 Å². The van der Waals surface area contributed by atoms with E-state index in [1.807, 2.05) is 0 Å². The van der Waals surface area contributed by atoms with Gasteiger partial charge in [0.05, 0.1) is 5.60 Å². The first-order valence-corrected chi connectivity index (χ1v) is 6.94. The van der Waals surface area contributed by atoms with Gasteiger partial charge in [-0.15, -0.1) is 0 Å². The van der Waals surface area contributed by atoms with Crippen molar-refractivity contribution in [2.75, 3.05) is 13.1 Å². The number of nitrogens with zero attached hydrogens (tertiary/aromatic N) is 1. The molecule has 1 aromatic rings. The summed E-state index contributed by atoms with van der Waals surface area (Å²) in [6, 6.07) is 5.79.